The highest BCUT2D eigenvalue weighted by Crippen LogP contribution is 2.11. The van der Waals surface area contributed by atoms with E-state index >= 15 is 0 Å². The second-order valence-corrected chi connectivity index (χ2v) is 2.90. The van der Waals surface area contributed by atoms with Crippen molar-refractivity contribution in [2.75, 3.05) is 7.11 Å². The van der Waals surface area contributed by atoms with Gasteiger partial charge in [-0.1, -0.05) is 0 Å². The Morgan fingerprint density at radius 2 is 2.00 bits per heavy atom. The molecular weight excluding hydrogens is 194 g/mol. The van der Waals surface area contributed by atoms with Crippen LogP contribution in [0.4, 0.5) is 4.79 Å². The Morgan fingerprint density at radius 3 is 2.47 bits per heavy atom. The van der Waals surface area contributed by atoms with Crippen LogP contribution in [0.15, 0.2) is 29.4 Å². The van der Waals surface area contributed by atoms with Crippen LogP contribution in [0, 0.1) is 0 Å². The summed E-state index contributed by atoms with van der Waals surface area (Å²) >= 11 is 0. The minimum atomic E-state index is -0.678. The smallest absolute Gasteiger partial charge is 0.332 e. The third kappa shape index (κ3) is 3.30. The maximum absolute atomic E-state index is 10.4. The molecule has 0 atom stereocenters. The molecule has 80 valence electrons. The summed E-state index contributed by atoms with van der Waals surface area (Å²) in [5.41, 5.74) is 8.63. The first-order valence-electron chi connectivity index (χ1n) is 4.37. The minimum absolute atomic E-state index is 0.677. The van der Waals surface area contributed by atoms with Crippen molar-refractivity contribution in [1.29, 1.82) is 0 Å². The SMILES string of the molecule is COc1ccc(C(C)=NNC(N)=O)cc1. The number of carbonyl (C=O) groups excluding carboxylic acids is 1. The van der Waals surface area contributed by atoms with E-state index in [0.717, 1.165) is 11.3 Å². The zero-order valence-electron chi connectivity index (χ0n) is 8.65. The van der Waals surface area contributed by atoms with Gasteiger partial charge in [-0.2, -0.15) is 5.10 Å². The molecule has 0 aliphatic heterocycles. The van der Waals surface area contributed by atoms with Gasteiger partial charge in [-0.05, 0) is 36.8 Å². The van der Waals surface area contributed by atoms with Gasteiger partial charge in [0.15, 0.2) is 0 Å². The van der Waals surface area contributed by atoms with Gasteiger partial charge in [-0.3, -0.25) is 0 Å². The molecule has 0 fully saturated rings. The summed E-state index contributed by atoms with van der Waals surface area (Å²) in [4.78, 5) is 10.4. The third-order valence-electron chi connectivity index (χ3n) is 1.84. The number of ether oxygens (including phenoxy) is 1. The summed E-state index contributed by atoms with van der Waals surface area (Å²) in [6.07, 6.45) is 0. The van der Waals surface area contributed by atoms with Crippen LogP contribution < -0.4 is 15.9 Å². The number of benzene rings is 1. The van der Waals surface area contributed by atoms with Gasteiger partial charge < -0.3 is 10.5 Å². The molecule has 0 heterocycles. The van der Waals surface area contributed by atoms with E-state index in [9.17, 15) is 4.79 Å². The van der Waals surface area contributed by atoms with E-state index in [0.29, 0.717) is 5.71 Å². The molecule has 3 N–H and O–H groups in total. The monoisotopic (exact) mass is 207 g/mol. The number of nitrogens with one attached hydrogen (secondary N) is 1. The molecule has 15 heavy (non-hydrogen) atoms. The first-order valence-corrected chi connectivity index (χ1v) is 4.37. The Labute approximate surface area is 87.9 Å². The van der Waals surface area contributed by atoms with Crippen LogP contribution >= 0.6 is 0 Å². The van der Waals surface area contributed by atoms with E-state index in [1.807, 2.05) is 24.3 Å². The van der Waals surface area contributed by atoms with Gasteiger partial charge >= 0.3 is 6.03 Å². The molecule has 0 saturated heterocycles. The number of amides is 2. The van der Waals surface area contributed by atoms with Crippen molar-refractivity contribution in [1.82, 2.24) is 5.43 Å². The number of hydrazone groups is 1. The number of nitrogens with zero attached hydrogens (tertiary/aromatic N) is 1. The normalized spacial score (nSPS) is 10.9. The molecule has 0 unspecified atom stereocenters. The summed E-state index contributed by atoms with van der Waals surface area (Å²) in [5.74, 6) is 0.773. The topological polar surface area (TPSA) is 76.7 Å². The highest BCUT2D eigenvalue weighted by atomic mass is 16.5. The Bertz CT molecular complexity index is 371. The fourth-order valence-electron chi connectivity index (χ4n) is 1.04. The Kier molecular flexibility index (Phi) is 3.68. The lowest BCUT2D eigenvalue weighted by Crippen LogP contribution is -2.25. The van der Waals surface area contributed by atoms with Crippen molar-refractivity contribution < 1.29 is 9.53 Å². The van der Waals surface area contributed by atoms with Crippen LogP contribution in [0.2, 0.25) is 0 Å². The fraction of sp³-hybridized carbons (Fsp3) is 0.200. The summed E-state index contributed by atoms with van der Waals surface area (Å²) < 4.78 is 5.02. The first kappa shape index (κ1) is 11.0. The van der Waals surface area contributed by atoms with Crippen molar-refractivity contribution in [2.45, 2.75) is 6.92 Å². The molecule has 5 heteroatoms. The van der Waals surface area contributed by atoms with Crippen LogP contribution in [-0.4, -0.2) is 18.9 Å². The molecule has 0 spiro atoms. The van der Waals surface area contributed by atoms with E-state index in [4.69, 9.17) is 10.5 Å². The predicted molar refractivity (Wildman–Crippen MR) is 57.9 cm³/mol. The number of primary amides is 1. The van der Waals surface area contributed by atoms with Gasteiger partial charge in [0, 0.05) is 0 Å². The molecule has 0 bridgehead atoms. The molecule has 1 aromatic rings. The molecule has 0 radical (unpaired) electrons. The van der Waals surface area contributed by atoms with Crippen LogP contribution in [0.1, 0.15) is 12.5 Å². The molecule has 0 aliphatic rings. The molecule has 2 amide bonds. The van der Waals surface area contributed by atoms with Gasteiger partial charge in [0.25, 0.3) is 0 Å². The highest BCUT2D eigenvalue weighted by Gasteiger charge is 1.98. The van der Waals surface area contributed by atoms with Crippen LogP contribution in [0.3, 0.4) is 0 Å². The number of hydrogen-bond acceptors (Lipinski definition) is 3. The van der Waals surface area contributed by atoms with Crippen molar-refractivity contribution in [2.24, 2.45) is 10.8 Å². The zero-order valence-corrected chi connectivity index (χ0v) is 8.65. The number of rotatable bonds is 3. The van der Waals surface area contributed by atoms with E-state index in [2.05, 4.69) is 10.5 Å². The quantitative estimate of drug-likeness (QED) is 0.575. The number of hydrogen-bond donors (Lipinski definition) is 2. The van der Waals surface area contributed by atoms with E-state index in [1.165, 1.54) is 0 Å². The van der Waals surface area contributed by atoms with E-state index in [1.54, 1.807) is 14.0 Å². The minimum Gasteiger partial charge on any atom is -0.497 e. The summed E-state index contributed by atoms with van der Waals surface area (Å²) in [6.45, 7) is 1.78. The van der Waals surface area contributed by atoms with Gasteiger partial charge in [0.1, 0.15) is 5.75 Å². The number of carbonyl (C=O) groups is 1. The summed E-state index contributed by atoms with van der Waals surface area (Å²) in [5, 5.41) is 3.80. The van der Waals surface area contributed by atoms with Crippen LogP contribution in [0.25, 0.3) is 0 Å². The standard InChI is InChI=1S/C10H13N3O2/c1-7(12-13-10(11)14)8-3-5-9(15-2)6-4-8/h3-6H,1-2H3,(H3,11,13,14). The third-order valence-corrected chi connectivity index (χ3v) is 1.84. The lowest BCUT2D eigenvalue weighted by molar-refractivity contribution is 0.249. The molecule has 0 aliphatic carbocycles. The molecule has 0 saturated carbocycles. The molecule has 5 nitrogen and oxygen atoms in total. The molecule has 1 rings (SSSR count). The molecular formula is C10H13N3O2. The first-order chi connectivity index (χ1) is 7.13. The van der Waals surface area contributed by atoms with Crippen LogP contribution in [0.5, 0.6) is 5.75 Å². The largest absolute Gasteiger partial charge is 0.497 e. The van der Waals surface area contributed by atoms with E-state index < -0.39 is 6.03 Å². The molecule has 0 aromatic heterocycles. The summed E-state index contributed by atoms with van der Waals surface area (Å²) in [7, 11) is 1.60. The van der Waals surface area contributed by atoms with Gasteiger partial charge in [-0.15, -0.1) is 0 Å². The molecule has 1 aromatic carbocycles. The number of nitrogens with two attached hydrogens (primary N) is 1. The highest BCUT2D eigenvalue weighted by molar-refractivity contribution is 5.99. The lowest BCUT2D eigenvalue weighted by atomic mass is 10.1. The Hall–Kier alpha value is -2.04. The average Bonchev–Trinajstić information content (AvgIpc) is 2.26. The number of methoxy groups -OCH3 is 1. The van der Waals surface area contributed by atoms with Crippen molar-refractivity contribution in [3.05, 3.63) is 29.8 Å². The Morgan fingerprint density at radius 1 is 1.40 bits per heavy atom. The second-order valence-electron chi connectivity index (χ2n) is 2.90. The van der Waals surface area contributed by atoms with E-state index in [-0.39, 0.29) is 0 Å². The van der Waals surface area contributed by atoms with Gasteiger partial charge in [0.2, 0.25) is 0 Å². The van der Waals surface area contributed by atoms with Crippen molar-refractivity contribution >= 4 is 11.7 Å². The fourth-order valence-corrected chi connectivity index (χ4v) is 1.04. The second kappa shape index (κ2) is 4.99. The van der Waals surface area contributed by atoms with Crippen molar-refractivity contribution in [3.8, 4) is 5.75 Å². The maximum Gasteiger partial charge on any atom is 0.332 e. The lowest BCUT2D eigenvalue weighted by Gasteiger charge is -2.02. The van der Waals surface area contributed by atoms with Crippen LogP contribution in [-0.2, 0) is 0 Å². The zero-order chi connectivity index (χ0) is 11.3. The summed E-state index contributed by atoms with van der Waals surface area (Å²) in [6, 6.07) is 6.65. The van der Waals surface area contributed by atoms with Crippen molar-refractivity contribution in [3.63, 3.8) is 0 Å². The average molecular weight is 207 g/mol. The maximum atomic E-state index is 10.4. The van der Waals surface area contributed by atoms with Gasteiger partial charge in [-0.25, -0.2) is 10.2 Å². The predicted octanol–water partition coefficient (Wildman–Crippen LogP) is 1.09. The number of urea groups is 1. The van der Waals surface area contributed by atoms with Gasteiger partial charge in [0.05, 0.1) is 12.8 Å². The Balaban J connectivity index is 2.77.